The Morgan fingerprint density at radius 3 is 2.67 bits per heavy atom. The van der Waals surface area contributed by atoms with Crippen LogP contribution in [0.25, 0.3) is 10.9 Å². The van der Waals surface area contributed by atoms with Gasteiger partial charge in [0.25, 0.3) is 0 Å². The number of para-hydroxylation sites is 1. The van der Waals surface area contributed by atoms with E-state index < -0.39 is 11.1 Å². The summed E-state index contributed by atoms with van der Waals surface area (Å²) < 4.78 is 36.0. The summed E-state index contributed by atoms with van der Waals surface area (Å²) in [7, 11) is 0. The molecule has 3 aromatic rings. The second kappa shape index (κ2) is 9.54. The van der Waals surface area contributed by atoms with Crippen molar-refractivity contribution >= 4 is 27.7 Å². The molecule has 33 heavy (non-hydrogen) atoms. The van der Waals surface area contributed by atoms with Gasteiger partial charge in [0.1, 0.15) is 0 Å². The lowest BCUT2D eigenvalue weighted by Crippen LogP contribution is -2.49. The summed E-state index contributed by atoms with van der Waals surface area (Å²) in [5.41, 5.74) is 5.55. The molecule has 176 valence electrons. The van der Waals surface area contributed by atoms with Gasteiger partial charge in [0.2, 0.25) is 0 Å². The Labute approximate surface area is 196 Å². The van der Waals surface area contributed by atoms with E-state index in [-0.39, 0.29) is 30.6 Å². The molecule has 2 aliphatic heterocycles. The van der Waals surface area contributed by atoms with Gasteiger partial charge in [0.15, 0.2) is 0 Å². The Morgan fingerprint density at radius 2 is 1.94 bits per heavy atom. The van der Waals surface area contributed by atoms with Gasteiger partial charge >= 0.3 is 0 Å². The van der Waals surface area contributed by atoms with Crippen molar-refractivity contribution in [2.45, 2.75) is 25.4 Å². The Kier molecular flexibility index (Phi) is 6.51. The van der Waals surface area contributed by atoms with Crippen LogP contribution in [0.15, 0.2) is 48.5 Å². The molecule has 1 saturated heterocycles. The van der Waals surface area contributed by atoms with E-state index in [2.05, 4.69) is 63.4 Å². The Morgan fingerprint density at radius 1 is 1.18 bits per heavy atom. The summed E-state index contributed by atoms with van der Waals surface area (Å²) in [4.78, 5) is 7.90. The largest absolute Gasteiger partial charge is 0.771 e. The summed E-state index contributed by atoms with van der Waals surface area (Å²) in [5, 5.41) is 4.66. The van der Waals surface area contributed by atoms with Crippen LogP contribution in [0.4, 0.5) is 10.1 Å². The minimum atomic E-state index is -2.16. The third-order valence-electron chi connectivity index (χ3n) is 7.01. The molecule has 8 heteroatoms. The van der Waals surface area contributed by atoms with Crippen LogP contribution in [0.3, 0.4) is 0 Å². The van der Waals surface area contributed by atoms with Gasteiger partial charge in [0, 0.05) is 60.4 Å². The molecule has 6 nitrogen and oxygen atoms in total. The average Bonchev–Trinajstić information content (AvgIpc) is 3.14. The predicted molar refractivity (Wildman–Crippen MR) is 130 cm³/mol. The number of alkyl halides is 1. The second-order valence-corrected chi connectivity index (χ2v) is 10.2. The van der Waals surface area contributed by atoms with Crippen molar-refractivity contribution < 1.29 is 13.2 Å². The normalized spacial score (nSPS) is 22.8. The molecular weight excluding hydrogens is 439 g/mol. The number of H-pyrrole nitrogens is 1. The van der Waals surface area contributed by atoms with Crippen molar-refractivity contribution in [1.29, 1.82) is 0 Å². The van der Waals surface area contributed by atoms with Gasteiger partial charge in [-0.1, -0.05) is 30.3 Å². The first kappa shape index (κ1) is 22.5. The molecule has 1 fully saturated rings. The van der Waals surface area contributed by atoms with E-state index in [0.29, 0.717) is 0 Å². The van der Waals surface area contributed by atoms with Crippen molar-refractivity contribution in [3.05, 3.63) is 65.4 Å². The zero-order valence-electron chi connectivity index (χ0n) is 18.8. The molecule has 0 radical (unpaired) electrons. The quantitative estimate of drug-likeness (QED) is 0.493. The van der Waals surface area contributed by atoms with Crippen molar-refractivity contribution in [1.82, 2.24) is 14.8 Å². The molecule has 2 aromatic carbocycles. The lowest BCUT2D eigenvalue weighted by atomic mass is 9.89. The van der Waals surface area contributed by atoms with Crippen LogP contribution in [-0.2, 0) is 17.5 Å². The van der Waals surface area contributed by atoms with Crippen molar-refractivity contribution in [2.24, 2.45) is 5.92 Å². The van der Waals surface area contributed by atoms with Crippen molar-refractivity contribution in [3.8, 4) is 0 Å². The zero-order chi connectivity index (χ0) is 22.9. The summed E-state index contributed by atoms with van der Waals surface area (Å²) in [6.45, 7) is 5.29. The number of anilines is 1. The summed E-state index contributed by atoms with van der Waals surface area (Å²) in [5.74, 6) is 0.208. The smallest absolute Gasteiger partial charge is 0.0947 e. The second-order valence-electron chi connectivity index (χ2n) is 9.29. The zero-order valence-corrected chi connectivity index (χ0v) is 19.6. The fourth-order valence-corrected chi connectivity index (χ4v) is 5.93. The topological polar surface area (TPSA) is 74.4 Å². The van der Waals surface area contributed by atoms with Gasteiger partial charge in [-0.2, -0.15) is 0 Å². The number of halogens is 1. The maximum Gasteiger partial charge on any atom is 0.0947 e. The van der Waals surface area contributed by atoms with E-state index in [0.717, 1.165) is 55.1 Å². The first-order chi connectivity index (χ1) is 16.0. The average molecular weight is 470 g/mol. The fraction of sp³-hybridized carbons (Fsp3) is 0.440. The van der Waals surface area contributed by atoms with Gasteiger partial charge in [0.05, 0.1) is 18.6 Å². The highest BCUT2D eigenvalue weighted by atomic mass is 32.2. The lowest BCUT2D eigenvalue weighted by molar-refractivity contribution is 0.0856. The molecule has 1 aromatic heterocycles. The van der Waals surface area contributed by atoms with Crippen LogP contribution in [0.2, 0.25) is 0 Å². The number of hydrogen-bond acceptors (Lipinski definition) is 5. The molecule has 3 atom stereocenters. The number of nitrogens with one attached hydrogen (secondary N) is 2. The molecule has 0 bridgehead atoms. The number of nitrogens with zero attached hydrogens (tertiary/aromatic N) is 2. The number of aromatic amines is 1. The number of benzene rings is 2. The van der Waals surface area contributed by atoms with Gasteiger partial charge in [-0.05, 0) is 53.8 Å². The van der Waals surface area contributed by atoms with Gasteiger partial charge in [-0.3, -0.25) is 13.5 Å². The molecule has 5 rings (SSSR count). The van der Waals surface area contributed by atoms with E-state index in [1.54, 1.807) is 0 Å². The summed E-state index contributed by atoms with van der Waals surface area (Å²) >= 11 is -2.16. The maximum atomic E-state index is 12.6. The van der Waals surface area contributed by atoms with E-state index in [9.17, 15) is 13.2 Å². The number of fused-ring (bicyclic) bond motifs is 3. The molecule has 3 heterocycles. The first-order valence-electron chi connectivity index (χ1n) is 11.6. The van der Waals surface area contributed by atoms with Gasteiger partial charge in [-0.25, -0.2) is 0 Å². The number of hydrogen-bond donors (Lipinski definition) is 2. The molecule has 1 unspecified atom stereocenters. The van der Waals surface area contributed by atoms with E-state index in [1.807, 2.05) is 12.1 Å². The van der Waals surface area contributed by atoms with Crippen LogP contribution < -0.4 is 5.32 Å². The van der Waals surface area contributed by atoms with E-state index in [1.165, 1.54) is 10.9 Å². The van der Waals surface area contributed by atoms with Crippen LogP contribution in [0, 0.1) is 5.92 Å². The van der Waals surface area contributed by atoms with Gasteiger partial charge < -0.3 is 19.8 Å². The molecule has 0 spiro atoms. The third-order valence-corrected chi connectivity index (χ3v) is 7.52. The minimum Gasteiger partial charge on any atom is -0.771 e. The van der Waals surface area contributed by atoms with E-state index >= 15 is 0 Å². The van der Waals surface area contributed by atoms with Crippen LogP contribution in [-0.4, -0.2) is 68.3 Å². The monoisotopic (exact) mass is 469 g/mol. The highest BCUT2D eigenvalue weighted by Crippen LogP contribution is 2.40. The van der Waals surface area contributed by atoms with Crippen molar-refractivity contribution in [2.75, 3.05) is 44.0 Å². The molecule has 2 aliphatic rings. The Bertz CT molecular complexity index is 1130. The molecule has 0 amide bonds. The number of likely N-dealkylation sites (tertiary alicyclic amines) is 1. The van der Waals surface area contributed by atoms with Crippen LogP contribution >= 0.6 is 0 Å². The SMILES string of the molecule is C[C@@H]1Cc2c([nH]c3ccccc23)[C@@H](c2ccc(NCCN3CC(CF)C3)cc2)N1CS(=O)[O-]. The predicted octanol–water partition coefficient (Wildman–Crippen LogP) is 3.65. The third kappa shape index (κ3) is 4.57. The molecular formula is C25H30FN4O2S-. The summed E-state index contributed by atoms with van der Waals surface area (Å²) in [6.07, 6.45) is 0.812. The number of rotatable bonds is 8. The Balaban J connectivity index is 1.37. The molecule has 0 aliphatic carbocycles. The molecule has 2 N–H and O–H groups in total. The highest BCUT2D eigenvalue weighted by molar-refractivity contribution is 7.79. The number of aromatic nitrogens is 1. The standard InChI is InChI=1S/C25H31FN4O2S/c1-17-12-22-21-4-2-3-5-23(21)28-24(22)25(30(17)16-33(31)32)19-6-8-20(9-7-19)27-10-11-29-14-18(13-26)15-29/h2-9,17-18,25,27-28H,10-16H2,1H3,(H,31,32)/p-1/t17-,25-/m1/s1. The van der Waals surface area contributed by atoms with Gasteiger partial charge in [-0.15, -0.1) is 0 Å². The maximum absolute atomic E-state index is 12.6. The fourth-order valence-electron chi connectivity index (χ4n) is 5.29. The Hall–Kier alpha value is -2.26. The minimum absolute atomic E-state index is 0.00362. The highest BCUT2D eigenvalue weighted by Gasteiger charge is 2.35. The first-order valence-corrected chi connectivity index (χ1v) is 12.8. The lowest BCUT2D eigenvalue weighted by Gasteiger charge is -2.41. The van der Waals surface area contributed by atoms with Crippen LogP contribution in [0.5, 0.6) is 0 Å². The van der Waals surface area contributed by atoms with Crippen LogP contribution in [0.1, 0.15) is 29.8 Å². The summed E-state index contributed by atoms with van der Waals surface area (Å²) in [6, 6.07) is 16.5. The van der Waals surface area contributed by atoms with E-state index in [4.69, 9.17) is 0 Å². The van der Waals surface area contributed by atoms with Crippen molar-refractivity contribution in [3.63, 3.8) is 0 Å². The molecule has 0 saturated carbocycles.